The summed E-state index contributed by atoms with van der Waals surface area (Å²) in [6.07, 6.45) is 1.62. The summed E-state index contributed by atoms with van der Waals surface area (Å²) in [6, 6.07) is 13.2. The van der Waals surface area contributed by atoms with Crippen LogP contribution in [0.2, 0.25) is 0 Å². The molecule has 1 aliphatic heterocycles. The van der Waals surface area contributed by atoms with Crippen LogP contribution in [0.15, 0.2) is 52.8 Å². The molecule has 3 aromatic rings. The van der Waals surface area contributed by atoms with E-state index in [-0.39, 0.29) is 11.1 Å². The fraction of sp³-hybridized carbons (Fsp3) is 0.136. The van der Waals surface area contributed by atoms with E-state index in [0.29, 0.717) is 35.2 Å². The van der Waals surface area contributed by atoms with Crippen LogP contribution >= 0.6 is 0 Å². The molecule has 0 aliphatic carbocycles. The molecule has 9 heteroatoms. The topological polar surface area (TPSA) is 128 Å². The Labute approximate surface area is 177 Å². The van der Waals surface area contributed by atoms with Crippen molar-refractivity contribution in [1.82, 2.24) is 15.5 Å². The van der Waals surface area contributed by atoms with Crippen molar-refractivity contribution in [3.8, 4) is 28.3 Å². The number of H-pyrrole nitrogens is 1. The predicted octanol–water partition coefficient (Wildman–Crippen LogP) is 3.25. The first kappa shape index (κ1) is 20.2. The number of rotatable bonds is 6. The van der Waals surface area contributed by atoms with E-state index >= 15 is 0 Å². The summed E-state index contributed by atoms with van der Waals surface area (Å²) >= 11 is 0. The van der Waals surface area contributed by atoms with Crippen LogP contribution in [0.3, 0.4) is 0 Å². The molecular formula is C22H21N5O4. The van der Waals surface area contributed by atoms with Gasteiger partial charge in [0.05, 0.1) is 12.2 Å². The summed E-state index contributed by atoms with van der Waals surface area (Å²) in [6.45, 7) is 3.87. The Morgan fingerprint density at radius 3 is 2.74 bits per heavy atom. The first-order chi connectivity index (χ1) is 15.0. The monoisotopic (exact) mass is 419 g/mol. The molecule has 0 unspecified atom stereocenters. The maximum atomic E-state index is 12.3. The first-order valence-corrected chi connectivity index (χ1v) is 9.67. The molecule has 1 aliphatic rings. The molecule has 31 heavy (non-hydrogen) atoms. The lowest BCUT2D eigenvalue weighted by molar-refractivity contribution is -0.132. The number of fused-ring (bicyclic) bond motifs is 1. The van der Waals surface area contributed by atoms with Crippen LogP contribution in [0.1, 0.15) is 19.4 Å². The van der Waals surface area contributed by atoms with Crippen molar-refractivity contribution < 1.29 is 14.6 Å². The maximum absolute atomic E-state index is 12.3. The molecule has 158 valence electrons. The Morgan fingerprint density at radius 2 is 1.97 bits per heavy atom. The van der Waals surface area contributed by atoms with Gasteiger partial charge in [0.2, 0.25) is 0 Å². The summed E-state index contributed by atoms with van der Waals surface area (Å²) in [5, 5.41) is 9.11. The van der Waals surface area contributed by atoms with Crippen LogP contribution in [-0.2, 0) is 4.79 Å². The van der Waals surface area contributed by atoms with E-state index < -0.39 is 5.97 Å². The molecule has 4 rings (SSSR count). The van der Waals surface area contributed by atoms with Gasteiger partial charge in [-0.2, -0.15) is 0 Å². The van der Waals surface area contributed by atoms with Crippen molar-refractivity contribution in [2.24, 2.45) is 0 Å². The van der Waals surface area contributed by atoms with E-state index in [9.17, 15) is 9.59 Å². The van der Waals surface area contributed by atoms with Crippen LogP contribution < -0.4 is 26.7 Å². The van der Waals surface area contributed by atoms with E-state index in [2.05, 4.69) is 26.4 Å². The third-order valence-corrected chi connectivity index (χ3v) is 4.76. The summed E-state index contributed by atoms with van der Waals surface area (Å²) in [5.41, 5.74) is 11.6. The summed E-state index contributed by atoms with van der Waals surface area (Å²) < 4.78 is 5.84. The number of nitrogens with zero attached hydrogens (tertiary/aromatic N) is 1. The number of hydrogen-bond donors (Lipinski definition) is 5. The second kappa shape index (κ2) is 8.33. The third-order valence-electron chi connectivity index (χ3n) is 4.76. The van der Waals surface area contributed by atoms with Crippen LogP contribution in [0.5, 0.6) is 5.75 Å². The van der Waals surface area contributed by atoms with E-state index in [4.69, 9.17) is 9.84 Å². The zero-order valence-corrected chi connectivity index (χ0v) is 16.9. The number of ether oxygens (including phenoxy) is 1. The molecular weight excluding hydrogens is 398 g/mol. The lowest BCUT2D eigenvalue weighted by atomic mass is 10.00. The number of aromatic nitrogens is 2. The van der Waals surface area contributed by atoms with Gasteiger partial charge >= 0.3 is 5.97 Å². The second-order valence-electron chi connectivity index (χ2n) is 6.92. The van der Waals surface area contributed by atoms with Gasteiger partial charge in [-0.15, -0.1) is 5.53 Å². The zero-order valence-electron chi connectivity index (χ0n) is 16.9. The van der Waals surface area contributed by atoms with Crippen molar-refractivity contribution in [1.29, 1.82) is 0 Å². The number of carboxylic acids is 1. The maximum Gasteiger partial charge on any atom is 0.331 e. The van der Waals surface area contributed by atoms with Gasteiger partial charge in [-0.25, -0.2) is 9.78 Å². The number of carbonyl (C=O) groups is 1. The van der Waals surface area contributed by atoms with Gasteiger partial charge in [-0.1, -0.05) is 24.3 Å². The molecule has 0 spiro atoms. The molecule has 0 radical (unpaired) electrons. The molecule has 0 saturated heterocycles. The highest BCUT2D eigenvalue weighted by molar-refractivity contribution is 5.91. The fourth-order valence-corrected chi connectivity index (χ4v) is 3.25. The number of aliphatic carboxylic acids is 1. The Bertz CT molecular complexity index is 1250. The number of aromatic amines is 1. The predicted molar refractivity (Wildman–Crippen MR) is 119 cm³/mol. The summed E-state index contributed by atoms with van der Waals surface area (Å²) in [5.74, 6) is 0.401. The Balaban J connectivity index is 1.75. The van der Waals surface area contributed by atoms with Gasteiger partial charge < -0.3 is 14.8 Å². The smallest absolute Gasteiger partial charge is 0.331 e. The number of benzene rings is 2. The third kappa shape index (κ3) is 4.12. The fourth-order valence-electron chi connectivity index (χ4n) is 3.25. The van der Waals surface area contributed by atoms with Crippen molar-refractivity contribution in [2.45, 2.75) is 13.8 Å². The SMILES string of the molecule is CCOc1cc(-c2cccc(/C=C(\C)C(=O)O)c2)ccc1-c1nc2c(c(=O)[nH]1)NNN2. The highest BCUT2D eigenvalue weighted by atomic mass is 16.5. The van der Waals surface area contributed by atoms with Crippen molar-refractivity contribution in [2.75, 3.05) is 17.5 Å². The minimum absolute atomic E-state index is 0.256. The van der Waals surface area contributed by atoms with Gasteiger partial charge in [0.1, 0.15) is 11.6 Å². The number of anilines is 2. The molecule has 0 bridgehead atoms. The highest BCUT2D eigenvalue weighted by Crippen LogP contribution is 2.34. The van der Waals surface area contributed by atoms with Crippen LogP contribution in [0, 0.1) is 0 Å². The van der Waals surface area contributed by atoms with Crippen molar-refractivity contribution in [3.05, 3.63) is 64.0 Å². The molecule has 0 fully saturated rings. The van der Waals surface area contributed by atoms with Gasteiger partial charge in [0, 0.05) is 5.57 Å². The Hall–Kier alpha value is -4.11. The van der Waals surface area contributed by atoms with Crippen LogP contribution in [0.25, 0.3) is 28.6 Å². The number of hydrazine groups is 2. The second-order valence-corrected chi connectivity index (χ2v) is 6.92. The highest BCUT2D eigenvalue weighted by Gasteiger charge is 2.19. The molecule has 2 heterocycles. The molecule has 0 amide bonds. The summed E-state index contributed by atoms with van der Waals surface area (Å²) in [7, 11) is 0. The average molecular weight is 419 g/mol. The lowest BCUT2D eigenvalue weighted by Crippen LogP contribution is -2.21. The van der Waals surface area contributed by atoms with Crippen LogP contribution in [0.4, 0.5) is 11.5 Å². The van der Waals surface area contributed by atoms with Gasteiger partial charge in [0.25, 0.3) is 5.56 Å². The standard InChI is InChI=1S/C22H21N5O4/c1-3-31-17-11-15(14-6-4-5-13(10-14)9-12(2)22(29)30)7-8-16(17)19-23-20-18(21(28)24-19)25-27-26-20/h4-11,25,27H,3H2,1-2H3,(H,29,30)(H2,23,24,26,28)/b12-9+. The van der Waals surface area contributed by atoms with Crippen LogP contribution in [-0.4, -0.2) is 27.7 Å². The zero-order chi connectivity index (χ0) is 22.0. The van der Waals surface area contributed by atoms with E-state index in [1.165, 1.54) is 0 Å². The van der Waals surface area contributed by atoms with Gasteiger partial charge in [0.15, 0.2) is 11.5 Å². The molecule has 1 aromatic heterocycles. The first-order valence-electron chi connectivity index (χ1n) is 9.67. The van der Waals surface area contributed by atoms with E-state index in [1.54, 1.807) is 13.0 Å². The molecule has 0 atom stereocenters. The number of nitrogens with one attached hydrogen (secondary N) is 4. The largest absolute Gasteiger partial charge is 0.493 e. The minimum atomic E-state index is -0.955. The molecule has 2 aromatic carbocycles. The summed E-state index contributed by atoms with van der Waals surface area (Å²) in [4.78, 5) is 30.7. The van der Waals surface area contributed by atoms with E-state index in [0.717, 1.165) is 16.7 Å². The lowest BCUT2D eigenvalue weighted by Gasteiger charge is -2.13. The number of carboxylic acid groups (broad SMARTS) is 1. The minimum Gasteiger partial charge on any atom is -0.493 e. The van der Waals surface area contributed by atoms with Crippen molar-refractivity contribution in [3.63, 3.8) is 0 Å². The quantitative estimate of drug-likeness (QED) is 0.385. The molecule has 9 nitrogen and oxygen atoms in total. The average Bonchev–Trinajstić information content (AvgIpc) is 3.23. The van der Waals surface area contributed by atoms with E-state index in [1.807, 2.05) is 49.4 Å². The molecule has 5 N–H and O–H groups in total. The Kier molecular flexibility index (Phi) is 5.42. The van der Waals surface area contributed by atoms with Crippen molar-refractivity contribution >= 4 is 23.6 Å². The number of hydrogen-bond acceptors (Lipinski definition) is 7. The van der Waals surface area contributed by atoms with Gasteiger partial charge in [-0.3, -0.25) is 15.6 Å². The normalized spacial score (nSPS) is 12.6. The van der Waals surface area contributed by atoms with Gasteiger partial charge in [-0.05, 0) is 54.8 Å². The Morgan fingerprint density at radius 1 is 1.16 bits per heavy atom. The molecule has 0 saturated carbocycles.